The average Bonchev–Trinajstić information content (AvgIpc) is 3.34. The monoisotopic (exact) mass is 363 g/mol. The summed E-state index contributed by atoms with van der Waals surface area (Å²) >= 11 is 0. The lowest BCUT2D eigenvalue weighted by Crippen LogP contribution is -2.39. The maximum absolute atomic E-state index is 13.0. The third-order valence-corrected chi connectivity index (χ3v) is 5.43. The molecule has 2 heterocycles. The van der Waals surface area contributed by atoms with Gasteiger partial charge in [0.05, 0.1) is 18.2 Å². The summed E-state index contributed by atoms with van der Waals surface area (Å²) < 4.78 is 1.78. The molecule has 0 spiro atoms. The van der Waals surface area contributed by atoms with Crippen molar-refractivity contribution >= 4 is 16.7 Å². The summed E-state index contributed by atoms with van der Waals surface area (Å²) in [5.74, 6) is 0.0508. The van der Waals surface area contributed by atoms with Gasteiger partial charge in [-0.2, -0.15) is 5.10 Å². The van der Waals surface area contributed by atoms with Gasteiger partial charge in [0.2, 0.25) is 5.91 Å². The Labute approximate surface area is 158 Å². The molecule has 3 atom stereocenters. The first-order chi connectivity index (χ1) is 13.2. The number of fused-ring (bicyclic) bond motifs is 1. The van der Waals surface area contributed by atoms with Crippen LogP contribution in [-0.2, 0) is 11.8 Å². The fraction of sp³-hybridized carbons (Fsp3) is 0.333. The highest BCUT2D eigenvalue weighted by molar-refractivity contribution is 5.84. The van der Waals surface area contributed by atoms with Crippen LogP contribution in [0.15, 0.2) is 54.9 Å². The number of nitrogens with two attached hydrogens (primary N) is 1. The first kappa shape index (κ1) is 17.7. The third kappa shape index (κ3) is 3.59. The van der Waals surface area contributed by atoms with Crippen molar-refractivity contribution in [3.8, 4) is 0 Å². The van der Waals surface area contributed by atoms with Crippen molar-refractivity contribution in [3.63, 3.8) is 0 Å². The van der Waals surface area contributed by atoms with Gasteiger partial charge in [-0.25, -0.2) is 0 Å². The van der Waals surface area contributed by atoms with Crippen molar-refractivity contribution in [2.45, 2.75) is 12.0 Å². The quantitative estimate of drug-likeness (QED) is 0.644. The molecule has 1 unspecified atom stereocenters. The van der Waals surface area contributed by atoms with E-state index in [1.807, 2.05) is 37.6 Å². The Balaban J connectivity index is 1.52. The molecule has 3 aromatic rings. The number of benzene rings is 2. The summed E-state index contributed by atoms with van der Waals surface area (Å²) in [6.45, 7) is 1.81. The van der Waals surface area contributed by atoms with Crippen LogP contribution in [0.4, 0.5) is 0 Å². The van der Waals surface area contributed by atoms with Crippen molar-refractivity contribution in [1.82, 2.24) is 20.4 Å². The Kier molecular flexibility index (Phi) is 4.92. The maximum atomic E-state index is 13.0. The van der Waals surface area contributed by atoms with Crippen LogP contribution in [0, 0.1) is 5.92 Å². The van der Waals surface area contributed by atoms with Gasteiger partial charge >= 0.3 is 0 Å². The molecule has 1 saturated heterocycles. The minimum Gasteiger partial charge on any atom is -0.348 e. The smallest absolute Gasteiger partial charge is 0.225 e. The van der Waals surface area contributed by atoms with Gasteiger partial charge in [-0.3, -0.25) is 9.48 Å². The van der Waals surface area contributed by atoms with E-state index in [0.717, 1.165) is 23.1 Å². The van der Waals surface area contributed by atoms with Crippen LogP contribution in [0.1, 0.15) is 23.1 Å². The van der Waals surface area contributed by atoms with Crippen LogP contribution in [0.5, 0.6) is 0 Å². The molecule has 1 aliphatic heterocycles. The molecule has 0 radical (unpaired) electrons. The van der Waals surface area contributed by atoms with Gasteiger partial charge in [0, 0.05) is 38.8 Å². The van der Waals surface area contributed by atoms with E-state index in [-0.39, 0.29) is 23.8 Å². The fourth-order valence-electron chi connectivity index (χ4n) is 3.92. The maximum Gasteiger partial charge on any atom is 0.225 e. The summed E-state index contributed by atoms with van der Waals surface area (Å²) in [7, 11) is 1.89. The minimum atomic E-state index is -0.197. The van der Waals surface area contributed by atoms with Gasteiger partial charge in [0.1, 0.15) is 0 Å². The van der Waals surface area contributed by atoms with Gasteiger partial charge in [-0.05, 0) is 28.0 Å². The van der Waals surface area contributed by atoms with Gasteiger partial charge in [-0.1, -0.05) is 36.4 Å². The molecule has 0 saturated carbocycles. The number of hydrogen-bond donors (Lipinski definition) is 3. The lowest BCUT2D eigenvalue weighted by atomic mass is 9.89. The highest BCUT2D eigenvalue weighted by atomic mass is 16.2. The van der Waals surface area contributed by atoms with E-state index in [1.54, 1.807) is 4.68 Å². The summed E-state index contributed by atoms with van der Waals surface area (Å²) in [6.07, 6.45) is 3.84. The summed E-state index contributed by atoms with van der Waals surface area (Å²) in [6, 6.07) is 14.2. The van der Waals surface area contributed by atoms with E-state index in [4.69, 9.17) is 5.73 Å². The Morgan fingerprint density at radius 2 is 2.11 bits per heavy atom. The number of hydrogen-bond acceptors (Lipinski definition) is 4. The number of carbonyl (C=O) groups is 1. The third-order valence-electron chi connectivity index (χ3n) is 5.43. The molecular formula is C21H25N5O. The van der Waals surface area contributed by atoms with Crippen LogP contribution >= 0.6 is 0 Å². The standard InChI is InChI=1S/C21H25N5O/c1-26-13-17(10-24-26)18-11-23-12-19(18)21(27)25-20(9-22)16-7-6-14-4-2-3-5-15(14)8-16/h2-8,10,13,18-20,23H,9,11-12,22H2,1H3,(H,25,27)/t18-,19+,20?/m1/s1. The molecule has 140 valence electrons. The largest absolute Gasteiger partial charge is 0.348 e. The van der Waals surface area contributed by atoms with Crippen LogP contribution < -0.4 is 16.4 Å². The van der Waals surface area contributed by atoms with Crippen molar-refractivity contribution in [2.24, 2.45) is 18.7 Å². The molecule has 27 heavy (non-hydrogen) atoms. The predicted molar refractivity (Wildman–Crippen MR) is 106 cm³/mol. The first-order valence-corrected chi connectivity index (χ1v) is 9.34. The number of rotatable bonds is 5. The van der Waals surface area contributed by atoms with E-state index >= 15 is 0 Å². The molecule has 0 bridgehead atoms. The Hall–Kier alpha value is -2.70. The molecule has 1 aliphatic rings. The molecule has 4 N–H and O–H groups in total. The average molecular weight is 363 g/mol. The summed E-state index contributed by atoms with van der Waals surface area (Å²) in [5.41, 5.74) is 8.13. The molecule has 1 amide bonds. The topological polar surface area (TPSA) is 85.0 Å². The molecule has 1 fully saturated rings. The lowest BCUT2D eigenvalue weighted by molar-refractivity contribution is -0.125. The highest BCUT2D eigenvalue weighted by Gasteiger charge is 2.35. The summed E-state index contributed by atoms with van der Waals surface area (Å²) in [5, 5.41) is 13.1. The van der Waals surface area contributed by atoms with Crippen molar-refractivity contribution in [1.29, 1.82) is 0 Å². The number of carbonyl (C=O) groups excluding carboxylic acids is 1. The second-order valence-corrected chi connectivity index (χ2v) is 7.22. The summed E-state index contributed by atoms with van der Waals surface area (Å²) in [4.78, 5) is 13.0. The van der Waals surface area contributed by atoms with E-state index in [2.05, 4.69) is 40.0 Å². The van der Waals surface area contributed by atoms with Gasteiger partial charge in [0.25, 0.3) is 0 Å². The first-order valence-electron chi connectivity index (χ1n) is 9.34. The zero-order valence-electron chi connectivity index (χ0n) is 15.4. The molecule has 6 nitrogen and oxygen atoms in total. The van der Waals surface area contributed by atoms with Gasteiger partial charge in [-0.15, -0.1) is 0 Å². The lowest BCUT2D eigenvalue weighted by Gasteiger charge is -2.22. The molecule has 2 aromatic carbocycles. The number of amides is 1. The van der Waals surface area contributed by atoms with Gasteiger partial charge < -0.3 is 16.4 Å². The van der Waals surface area contributed by atoms with Crippen molar-refractivity contribution in [3.05, 3.63) is 66.0 Å². The second kappa shape index (κ2) is 7.50. The van der Waals surface area contributed by atoms with E-state index < -0.39 is 0 Å². The molecule has 4 rings (SSSR count). The number of aromatic nitrogens is 2. The molecule has 6 heteroatoms. The van der Waals surface area contributed by atoms with Crippen LogP contribution in [0.25, 0.3) is 10.8 Å². The highest BCUT2D eigenvalue weighted by Crippen LogP contribution is 2.29. The molecule has 1 aromatic heterocycles. The van der Waals surface area contributed by atoms with Crippen LogP contribution in [0.3, 0.4) is 0 Å². The molecular weight excluding hydrogens is 338 g/mol. The zero-order chi connectivity index (χ0) is 18.8. The number of aryl methyl sites for hydroxylation is 1. The van der Waals surface area contributed by atoms with E-state index in [9.17, 15) is 4.79 Å². The second-order valence-electron chi connectivity index (χ2n) is 7.22. The Bertz CT molecular complexity index is 950. The zero-order valence-corrected chi connectivity index (χ0v) is 15.4. The van der Waals surface area contributed by atoms with Crippen molar-refractivity contribution < 1.29 is 4.79 Å². The van der Waals surface area contributed by atoms with Gasteiger partial charge in [0.15, 0.2) is 0 Å². The SMILES string of the molecule is Cn1cc([C@H]2CNC[C@@H]2C(=O)NC(CN)c2ccc3ccccc3c2)cn1. The van der Waals surface area contributed by atoms with Crippen LogP contribution in [-0.4, -0.2) is 35.3 Å². The predicted octanol–water partition coefficient (Wildman–Crippen LogP) is 1.69. The van der Waals surface area contributed by atoms with E-state index in [1.165, 1.54) is 5.39 Å². The van der Waals surface area contributed by atoms with Crippen molar-refractivity contribution in [2.75, 3.05) is 19.6 Å². The minimum absolute atomic E-state index is 0.0393. The van der Waals surface area contributed by atoms with Crippen LogP contribution in [0.2, 0.25) is 0 Å². The number of nitrogens with zero attached hydrogens (tertiary/aromatic N) is 2. The number of nitrogens with one attached hydrogen (secondary N) is 2. The van der Waals surface area contributed by atoms with E-state index in [0.29, 0.717) is 13.1 Å². The normalized spacial score (nSPS) is 20.7. The Morgan fingerprint density at radius 1 is 1.30 bits per heavy atom. The molecule has 0 aliphatic carbocycles. The fourth-order valence-corrected chi connectivity index (χ4v) is 3.92. The Morgan fingerprint density at radius 3 is 2.85 bits per heavy atom.